The highest BCUT2D eigenvalue weighted by Crippen LogP contribution is 2.58. The van der Waals surface area contributed by atoms with Gasteiger partial charge < -0.3 is 9.84 Å². The number of aromatic nitrogens is 1. The Bertz CT molecular complexity index is 574. The molecule has 0 aromatic carbocycles. The van der Waals surface area contributed by atoms with Crippen LogP contribution in [0.4, 0.5) is 0 Å². The lowest BCUT2D eigenvalue weighted by Gasteiger charge is -2.32. The van der Waals surface area contributed by atoms with E-state index in [9.17, 15) is 4.79 Å². The van der Waals surface area contributed by atoms with Crippen LogP contribution in [-0.2, 0) is 4.79 Å². The highest BCUT2D eigenvalue weighted by molar-refractivity contribution is 5.84. The number of fused-ring (bicyclic) bond motifs is 5. The fourth-order valence-electron chi connectivity index (χ4n) is 5.78. The van der Waals surface area contributed by atoms with Gasteiger partial charge in [0.1, 0.15) is 5.76 Å². The van der Waals surface area contributed by atoms with Crippen molar-refractivity contribution in [3.8, 4) is 0 Å². The van der Waals surface area contributed by atoms with E-state index in [1.165, 1.54) is 32.1 Å². The van der Waals surface area contributed by atoms with Crippen molar-refractivity contribution in [1.82, 2.24) is 10.5 Å². The molecule has 3 aliphatic rings. The van der Waals surface area contributed by atoms with Crippen molar-refractivity contribution in [2.24, 2.45) is 23.7 Å². The number of carbonyl (C=O) groups excluding carboxylic acids is 1. The van der Waals surface area contributed by atoms with Crippen LogP contribution >= 0.6 is 0 Å². The minimum absolute atomic E-state index is 0.140. The molecule has 3 aliphatic carbocycles. The van der Waals surface area contributed by atoms with E-state index in [-0.39, 0.29) is 11.8 Å². The average Bonchev–Trinajstić information content (AvgIpc) is 3.20. The van der Waals surface area contributed by atoms with Gasteiger partial charge in [-0.25, -0.2) is 0 Å². The zero-order valence-corrected chi connectivity index (χ0v) is 13.8. The third kappa shape index (κ3) is 2.03. The van der Waals surface area contributed by atoms with Crippen LogP contribution in [0.5, 0.6) is 0 Å². The van der Waals surface area contributed by atoms with Gasteiger partial charge in [-0.3, -0.25) is 4.79 Å². The molecule has 0 radical (unpaired) electrons. The van der Waals surface area contributed by atoms with Gasteiger partial charge in [0.25, 0.3) is 0 Å². The van der Waals surface area contributed by atoms with Gasteiger partial charge in [-0.15, -0.1) is 0 Å². The molecule has 4 heteroatoms. The third-order valence-corrected chi connectivity index (χ3v) is 6.67. The Morgan fingerprint density at radius 1 is 1.23 bits per heavy atom. The number of hydrogen-bond donors (Lipinski definition) is 1. The standard InChI is InChI=1S/C18H26N2O2/c1-9(17-10(2)20-22-11(17)3)18(21)19-16-8-12-7-15(16)14-6-4-5-13(12)14/h9,12-16H,4-8H2,1-3H3,(H,19,21)/t9-,12+,13+,14+,15-,16+/m0/s1. The van der Waals surface area contributed by atoms with E-state index in [1.54, 1.807) is 0 Å². The predicted molar refractivity (Wildman–Crippen MR) is 83.4 cm³/mol. The molecule has 3 fully saturated rings. The summed E-state index contributed by atoms with van der Waals surface area (Å²) < 4.78 is 5.21. The van der Waals surface area contributed by atoms with E-state index >= 15 is 0 Å². The number of aryl methyl sites for hydroxylation is 2. The van der Waals surface area contributed by atoms with Crippen LogP contribution in [0, 0.1) is 37.5 Å². The van der Waals surface area contributed by atoms with Gasteiger partial charge in [0.2, 0.25) is 5.91 Å². The zero-order chi connectivity index (χ0) is 15.4. The van der Waals surface area contributed by atoms with Gasteiger partial charge in [-0.05, 0) is 70.1 Å². The Kier molecular flexibility index (Phi) is 3.31. The van der Waals surface area contributed by atoms with E-state index in [4.69, 9.17) is 4.52 Å². The van der Waals surface area contributed by atoms with Crippen LogP contribution in [0.1, 0.15) is 62.0 Å². The number of hydrogen-bond acceptors (Lipinski definition) is 3. The molecule has 1 N–H and O–H groups in total. The Hall–Kier alpha value is -1.32. The second kappa shape index (κ2) is 5.10. The number of amides is 1. The van der Waals surface area contributed by atoms with Gasteiger partial charge in [-0.2, -0.15) is 0 Å². The molecule has 1 aromatic heterocycles. The summed E-state index contributed by atoms with van der Waals surface area (Å²) in [6.07, 6.45) is 6.77. The third-order valence-electron chi connectivity index (χ3n) is 6.67. The summed E-state index contributed by atoms with van der Waals surface area (Å²) in [6.45, 7) is 5.77. The molecule has 2 bridgehead atoms. The maximum atomic E-state index is 12.7. The summed E-state index contributed by atoms with van der Waals surface area (Å²) >= 11 is 0. The summed E-state index contributed by atoms with van der Waals surface area (Å²) in [6, 6.07) is 0.403. The normalized spacial score (nSPS) is 37.3. The number of nitrogens with one attached hydrogen (secondary N) is 1. The van der Waals surface area contributed by atoms with Crippen molar-refractivity contribution in [3.05, 3.63) is 17.0 Å². The second-order valence-corrected chi connectivity index (χ2v) is 7.73. The zero-order valence-electron chi connectivity index (χ0n) is 13.8. The lowest BCUT2D eigenvalue weighted by Crippen LogP contribution is -2.44. The summed E-state index contributed by atoms with van der Waals surface area (Å²) in [5.41, 5.74) is 1.79. The Morgan fingerprint density at radius 3 is 2.73 bits per heavy atom. The number of rotatable bonds is 3. The highest BCUT2D eigenvalue weighted by atomic mass is 16.5. The van der Waals surface area contributed by atoms with E-state index < -0.39 is 0 Å². The molecular formula is C18H26N2O2. The van der Waals surface area contributed by atoms with Gasteiger partial charge in [0.15, 0.2) is 0 Å². The summed E-state index contributed by atoms with van der Waals surface area (Å²) in [5, 5.41) is 7.34. The van der Waals surface area contributed by atoms with Gasteiger partial charge in [0, 0.05) is 11.6 Å². The molecule has 0 spiro atoms. The first kappa shape index (κ1) is 14.3. The highest BCUT2D eigenvalue weighted by Gasteiger charge is 2.54. The topological polar surface area (TPSA) is 55.1 Å². The smallest absolute Gasteiger partial charge is 0.227 e. The fourth-order valence-corrected chi connectivity index (χ4v) is 5.78. The Labute approximate surface area is 132 Å². The molecule has 22 heavy (non-hydrogen) atoms. The SMILES string of the molecule is Cc1noc(C)c1[C@H](C)C(=O)N[C@@H]1C[C@H]2C[C@H]1[C@@H]1CCC[C@H]21. The van der Waals surface area contributed by atoms with E-state index in [2.05, 4.69) is 10.5 Å². The molecule has 6 atom stereocenters. The van der Waals surface area contributed by atoms with E-state index in [1.807, 2.05) is 20.8 Å². The maximum absolute atomic E-state index is 12.7. The molecule has 0 aliphatic heterocycles. The molecule has 3 saturated carbocycles. The van der Waals surface area contributed by atoms with Crippen molar-refractivity contribution in [3.63, 3.8) is 0 Å². The quantitative estimate of drug-likeness (QED) is 0.931. The van der Waals surface area contributed by atoms with Gasteiger partial charge >= 0.3 is 0 Å². The Morgan fingerprint density at radius 2 is 2.00 bits per heavy atom. The van der Waals surface area contributed by atoms with Gasteiger partial charge in [0.05, 0.1) is 11.6 Å². The van der Waals surface area contributed by atoms with Crippen LogP contribution < -0.4 is 5.32 Å². The number of nitrogens with zero attached hydrogens (tertiary/aromatic N) is 1. The van der Waals surface area contributed by atoms with E-state index in [0.29, 0.717) is 6.04 Å². The molecule has 1 heterocycles. The molecule has 0 saturated heterocycles. The van der Waals surface area contributed by atoms with E-state index in [0.717, 1.165) is 40.7 Å². The first-order chi connectivity index (χ1) is 10.6. The summed E-state index contributed by atoms with van der Waals surface area (Å²) in [5.74, 6) is 4.20. The minimum atomic E-state index is -0.176. The summed E-state index contributed by atoms with van der Waals surface area (Å²) in [7, 11) is 0. The first-order valence-electron chi connectivity index (χ1n) is 8.79. The van der Waals surface area contributed by atoms with Crippen LogP contribution in [0.25, 0.3) is 0 Å². The Balaban J connectivity index is 1.45. The molecule has 1 aromatic rings. The lowest BCUT2D eigenvalue weighted by atomic mass is 9.79. The van der Waals surface area contributed by atoms with Crippen molar-refractivity contribution < 1.29 is 9.32 Å². The monoisotopic (exact) mass is 302 g/mol. The first-order valence-corrected chi connectivity index (χ1v) is 8.79. The van der Waals surface area contributed by atoms with Crippen LogP contribution in [0.2, 0.25) is 0 Å². The fraction of sp³-hybridized carbons (Fsp3) is 0.778. The molecule has 4 rings (SSSR count). The molecular weight excluding hydrogens is 276 g/mol. The molecule has 120 valence electrons. The van der Waals surface area contributed by atoms with Crippen LogP contribution in [0.15, 0.2) is 4.52 Å². The molecule has 1 amide bonds. The second-order valence-electron chi connectivity index (χ2n) is 7.73. The van der Waals surface area contributed by atoms with Crippen molar-refractivity contribution >= 4 is 5.91 Å². The predicted octanol–water partition coefficient (Wildman–Crippen LogP) is 3.34. The van der Waals surface area contributed by atoms with Crippen LogP contribution in [0.3, 0.4) is 0 Å². The average molecular weight is 302 g/mol. The maximum Gasteiger partial charge on any atom is 0.227 e. The molecule has 0 unspecified atom stereocenters. The lowest BCUT2D eigenvalue weighted by molar-refractivity contribution is -0.123. The largest absolute Gasteiger partial charge is 0.361 e. The van der Waals surface area contributed by atoms with Gasteiger partial charge in [-0.1, -0.05) is 11.6 Å². The summed E-state index contributed by atoms with van der Waals surface area (Å²) in [4.78, 5) is 12.7. The van der Waals surface area contributed by atoms with Crippen molar-refractivity contribution in [1.29, 1.82) is 0 Å². The van der Waals surface area contributed by atoms with Crippen LogP contribution in [-0.4, -0.2) is 17.1 Å². The molecule has 4 nitrogen and oxygen atoms in total. The number of carbonyl (C=O) groups is 1. The minimum Gasteiger partial charge on any atom is -0.361 e. The van der Waals surface area contributed by atoms with Crippen molar-refractivity contribution in [2.75, 3.05) is 0 Å². The van der Waals surface area contributed by atoms with Crippen molar-refractivity contribution in [2.45, 2.75) is 64.8 Å².